The number of methoxy groups -OCH3 is 1. The molecule has 2 saturated heterocycles. The first kappa shape index (κ1) is 23.2. The summed E-state index contributed by atoms with van der Waals surface area (Å²) in [6, 6.07) is 8.47. The lowest BCUT2D eigenvalue weighted by Crippen LogP contribution is -2.42. The quantitative estimate of drug-likeness (QED) is 0.738. The zero-order valence-electron chi connectivity index (χ0n) is 15.1. The van der Waals surface area contributed by atoms with Crippen LogP contribution < -0.4 is 20.3 Å². The van der Waals surface area contributed by atoms with Crippen molar-refractivity contribution < 1.29 is 9.53 Å². The van der Waals surface area contributed by atoms with Gasteiger partial charge in [-0.15, -0.1) is 24.8 Å². The van der Waals surface area contributed by atoms with Crippen LogP contribution in [-0.2, 0) is 4.79 Å². The van der Waals surface area contributed by atoms with E-state index in [1.54, 1.807) is 7.11 Å². The van der Waals surface area contributed by atoms with Gasteiger partial charge in [0.25, 0.3) is 0 Å². The maximum absolute atomic E-state index is 12.1. The summed E-state index contributed by atoms with van der Waals surface area (Å²) < 4.78 is 5.46. The van der Waals surface area contributed by atoms with Gasteiger partial charge in [-0.3, -0.25) is 4.79 Å². The van der Waals surface area contributed by atoms with E-state index in [-0.39, 0.29) is 30.7 Å². The van der Waals surface area contributed by atoms with E-state index in [1.165, 1.54) is 0 Å². The van der Waals surface area contributed by atoms with Gasteiger partial charge in [0.2, 0.25) is 5.91 Å². The van der Waals surface area contributed by atoms with Crippen molar-refractivity contribution in [2.75, 3.05) is 49.7 Å². The Morgan fingerprint density at radius 3 is 2.92 bits per heavy atom. The minimum atomic E-state index is 0. The first-order valence-corrected chi connectivity index (χ1v) is 9.87. The van der Waals surface area contributed by atoms with Gasteiger partial charge in [-0.05, 0) is 24.5 Å². The third-order valence-electron chi connectivity index (χ3n) is 4.73. The van der Waals surface area contributed by atoms with Gasteiger partial charge in [0.15, 0.2) is 0 Å². The Morgan fingerprint density at radius 2 is 2.19 bits per heavy atom. The van der Waals surface area contributed by atoms with E-state index in [1.807, 2.05) is 30.0 Å². The van der Waals surface area contributed by atoms with Gasteiger partial charge in [-0.25, -0.2) is 0 Å². The van der Waals surface area contributed by atoms with E-state index < -0.39 is 0 Å². The number of halogens is 2. The fourth-order valence-electron chi connectivity index (χ4n) is 3.41. The highest BCUT2D eigenvalue weighted by molar-refractivity contribution is 7.99. The molecule has 3 rings (SSSR count). The molecule has 0 aromatic heterocycles. The van der Waals surface area contributed by atoms with E-state index in [9.17, 15) is 4.79 Å². The van der Waals surface area contributed by atoms with E-state index in [2.05, 4.69) is 21.6 Å². The lowest BCUT2D eigenvalue weighted by molar-refractivity contribution is -0.121. The average Bonchev–Trinajstić information content (AvgIpc) is 3.09. The van der Waals surface area contributed by atoms with Crippen LogP contribution in [0.2, 0.25) is 0 Å². The van der Waals surface area contributed by atoms with Gasteiger partial charge in [-0.1, -0.05) is 12.1 Å². The minimum Gasteiger partial charge on any atom is -0.495 e. The summed E-state index contributed by atoms with van der Waals surface area (Å²) in [5, 5.41) is 6.54. The van der Waals surface area contributed by atoms with Crippen molar-refractivity contribution in [1.82, 2.24) is 10.6 Å². The van der Waals surface area contributed by atoms with E-state index >= 15 is 0 Å². The van der Waals surface area contributed by atoms with Crippen molar-refractivity contribution in [2.45, 2.75) is 18.9 Å². The zero-order chi connectivity index (χ0) is 16.8. The summed E-state index contributed by atoms with van der Waals surface area (Å²) in [4.78, 5) is 14.5. The van der Waals surface area contributed by atoms with Crippen LogP contribution in [0.1, 0.15) is 12.8 Å². The van der Waals surface area contributed by atoms with Crippen LogP contribution in [0.25, 0.3) is 0 Å². The second kappa shape index (κ2) is 11.8. The first-order valence-electron chi connectivity index (χ1n) is 8.72. The van der Waals surface area contributed by atoms with Crippen LogP contribution >= 0.6 is 36.6 Å². The van der Waals surface area contributed by atoms with Gasteiger partial charge in [0, 0.05) is 50.1 Å². The molecule has 1 aromatic carbocycles. The highest BCUT2D eigenvalue weighted by Gasteiger charge is 2.25. The maximum atomic E-state index is 12.1. The molecular weight excluding hydrogens is 393 g/mol. The summed E-state index contributed by atoms with van der Waals surface area (Å²) >= 11 is 1.93. The summed E-state index contributed by atoms with van der Waals surface area (Å²) in [7, 11) is 1.71. The fourth-order valence-corrected chi connectivity index (χ4v) is 4.36. The Bertz CT molecular complexity index is 559. The highest BCUT2D eigenvalue weighted by atomic mass is 35.5. The molecule has 2 aliphatic rings. The van der Waals surface area contributed by atoms with E-state index in [0.717, 1.165) is 55.5 Å². The molecule has 148 valence electrons. The number of hydrogen-bond acceptors (Lipinski definition) is 5. The smallest absolute Gasteiger partial charge is 0.221 e. The predicted molar refractivity (Wildman–Crippen MR) is 115 cm³/mol. The summed E-state index contributed by atoms with van der Waals surface area (Å²) in [6.45, 7) is 3.77. The molecule has 0 aliphatic carbocycles. The molecule has 2 unspecified atom stereocenters. The van der Waals surface area contributed by atoms with Crippen LogP contribution in [0, 0.1) is 5.92 Å². The number of rotatable bonds is 6. The normalized spacial score (nSPS) is 22.1. The van der Waals surface area contributed by atoms with Crippen LogP contribution in [0.3, 0.4) is 0 Å². The van der Waals surface area contributed by atoms with Crippen LogP contribution in [0.4, 0.5) is 5.69 Å². The molecule has 2 N–H and O–H groups in total. The topological polar surface area (TPSA) is 53.6 Å². The van der Waals surface area contributed by atoms with E-state index in [4.69, 9.17) is 4.74 Å². The second-order valence-electron chi connectivity index (χ2n) is 6.51. The summed E-state index contributed by atoms with van der Waals surface area (Å²) in [5.41, 5.74) is 1.15. The van der Waals surface area contributed by atoms with Gasteiger partial charge < -0.3 is 20.3 Å². The number of thioether (sulfide) groups is 1. The minimum absolute atomic E-state index is 0. The third kappa shape index (κ3) is 6.41. The van der Waals surface area contributed by atoms with Crippen molar-refractivity contribution in [3.8, 4) is 5.75 Å². The molecular formula is C18H29Cl2N3O2S. The number of anilines is 1. The number of nitrogens with zero attached hydrogens (tertiary/aromatic N) is 1. The Labute approximate surface area is 172 Å². The number of para-hydroxylation sites is 2. The molecule has 5 nitrogen and oxygen atoms in total. The first-order chi connectivity index (χ1) is 11.8. The Kier molecular flexibility index (Phi) is 10.5. The highest BCUT2D eigenvalue weighted by Crippen LogP contribution is 2.31. The van der Waals surface area contributed by atoms with Gasteiger partial charge in [0.05, 0.1) is 12.8 Å². The molecule has 0 radical (unpaired) electrons. The number of carbonyl (C=O) groups excluding carboxylic acids is 1. The SMILES string of the molecule is COc1ccccc1N1CCC(CNC(=O)CC2CSCCN2)C1.Cl.Cl. The number of hydrogen-bond donors (Lipinski definition) is 2. The Morgan fingerprint density at radius 1 is 1.38 bits per heavy atom. The van der Waals surface area contributed by atoms with Crippen LogP contribution in [0.15, 0.2) is 24.3 Å². The van der Waals surface area contributed by atoms with E-state index in [0.29, 0.717) is 18.4 Å². The predicted octanol–water partition coefficient (Wildman–Crippen LogP) is 2.58. The number of carbonyl (C=O) groups is 1. The van der Waals surface area contributed by atoms with Gasteiger partial charge in [-0.2, -0.15) is 11.8 Å². The summed E-state index contributed by atoms with van der Waals surface area (Å²) in [6.07, 6.45) is 1.70. The second-order valence-corrected chi connectivity index (χ2v) is 7.66. The number of nitrogens with one attached hydrogen (secondary N) is 2. The summed E-state index contributed by atoms with van der Waals surface area (Å²) in [5.74, 6) is 3.79. The van der Waals surface area contributed by atoms with Crippen molar-refractivity contribution in [3.05, 3.63) is 24.3 Å². The molecule has 2 fully saturated rings. The molecule has 1 aromatic rings. The Hall–Kier alpha value is -0.820. The number of benzene rings is 1. The molecule has 2 aliphatic heterocycles. The molecule has 2 atom stereocenters. The molecule has 1 amide bonds. The van der Waals surface area contributed by atoms with Crippen molar-refractivity contribution >= 4 is 48.2 Å². The average molecular weight is 422 g/mol. The van der Waals surface area contributed by atoms with Gasteiger partial charge >= 0.3 is 0 Å². The number of amides is 1. The van der Waals surface area contributed by atoms with Gasteiger partial charge in [0.1, 0.15) is 5.75 Å². The van der Waals surface area contributed by atoms with Crippen molar-refractivity contribution in [1.29, 1.82) is 0 Å². The molecule has 0 bridgehead atoms. The fraction of sp³-hybridized carbons (Fsp3) is 0.611. The van der Waals surface area contributed by atoms with Crippen molar-refractivity contribution in [2.24, 2.45) is 5.92 Å². The lowest BCUT2D eigenvalue weighted by atomic mass is 10.1. The molecule has 0 saturated carbocycles. The van der Waals surface area contributed by atoms with Crippen molar-refractivity contribution in [3.63, 3.8) is 0 Å². The molecule has 8 heteroatoms. The monoisotopic (exact) mass is 421 g/mol. The molecule has 2 heterocycles. The molecule has 0 spiro atoms. The third-order valence-corrected chi connectivity index (χ3v) is 5.86. The Balaban J connectivity index is 0.00000169. The maximum Gasteiger partial charge on any atom is 0.221 e. The lowest BCUT2D eigenvalue weighted by Gasteiger charge is -2.23. The standard InChI is InChI=1S/C18H27N3O2S.2ClH/c1-23-17-5-3-2-4-16(17)21-8-6-14(12-21)11-20-18(22)10-15-13-24-9-7-19-15;;/h2-5,14-15,19H,6-13H2,1H3,(H,20,22);2*1H. The molecule has 26 heavy (non-hydrogen) atoms. The largest absolute Gasteiger partial charge is 0.495 e. The van der Waals surface area contributed by atoms with Crippen LogP contribution in [-0.4, -0.2) is 56.7 Å². The number of ether oxygens (including phenoxy) is 1. The zero-order valence-corrected chi connectivity index (χ0v) is 17.6. The van der Waals surface area contributed by atoms with Crippen LogP contribution in [0.5, 0.6) is 5.75 Å².